The van der Waals surface area contributed by atoms with E-state index in [1.807, 2.05) is 12.2 Å². The van der Waals surface area contributed by atoms with Gasteiger partial charge in [-0.2, -0.15) is 0 Å². The first-order valence-corrected chi connectivity index (χ1v) is 5.29. The van der Waals surface area contributed by atoms with Gasteiger partial charge in [0.15, 0.2) is 0 Å². The lowest BCUT2D eigenvalue weighted by Crippen LogP contribution is -1.75. The van der Waals surface area contributed by atoms with Crippen LogP contribution in [0.15, 0.2) is 48.6 Å². The molecule has 14 heavy (non-hydrogen) atoms. The predicted molar refractivity (Wildman–Crippen MR) is 66.4 cm³/mol. The molecule has 0 heteroatoms. The Morgan fingerprint density at radius 2 is 1.21 bits per heavy atom. The van der Waals surface area contributed by atoms with E-state index >= 15 is 0 Å². The zero-order valence-electron chi connectivity index (χ0n) is 9.55. The van der Waals surface area contributed by atoms with Crippen LogP contribution in [0.5, 0.6) is 0 Å². The molecule has 0 aromatic rings. The maximum absolute atomic E-state index is 3.72. The van der Waals surface area contributed by atoms with Crippen molar-refractivity contribution >= 4 is 0 Å². The minimum Gasteiger partial charge on any atom is -0.0988 e. The molecular weight excluding hydrogens is 168 g/mol. The summed E-state index contributed by atoms with van der Waals surface area (Å²) in [5.41, 5.74) is 2.56. The maximum atomic E-state index is 3.72. The van der Waals surface area contributed by atoms with Gasteiger partial charge in [0.2, 0.25) is 0 Å². The van der Waals surface area contributed by atoms with Crippen LogP contribution < -0.4 is 0 Å². The lowest BCUT2D eigenvalue weighted by molar-refractivity contribution is 0.758. The highest BCUT2D eigenvalue weighted by Gasteiger charge is 1.86. The van der Waals surface area contributed by atoms with Crippen LogP contribution in [0.2, 0.25) is 0 Å². The average Bonchev–Trinajstić information content (AvgIpc) is 2.22. The van der Waals surface area contributed by atoms with Crippen molar-refractivity contribution in [1.29, 1.82) is 0 Å². The number of hydrogen-bond donors (Lipinski definition) is 0. The third-order valence-corrected chi connectivity index (χ3v) is 2.23. The molecule has 0 nitrogen and oxygen atoms in total. The van der Waals surface area contributed by atoms with E-state index < -0.39 is 0 Å². The van der Waals surface area contributed by atoms with E-state index in [4.69, 9.17) is 0 Å². The van der Waals surface area contributed by atoms with Gasteiger partial charge in [-0.05, 0) is 39.5 Å². The molecule has 0 saturated heterocycles. The Morgan fingerprint density at radius 1 is 0.857 bits per heavy atom. The second kappa shape index (κ2) is 8.55. The Kier molecular flexibility index (Phi) is 7.92. The molecule has 0 saturated carbocycles. The van der Waals surface area contributed by atoms with Gasteiger partial charge in [0.1, 0.15) is 0 Å². The van der Waals surface area contributed by atoms with Crippen molar-refractivity contribution in [2.45, 2.75) is 39.5 Å². The molecule has 0 aromatic carbocycles. The first-order valence-electron chi connectivity index (χ1n) is 5.29. The summed E-state index contributed by atoms with van der Waals surface area (Å²) in [4.78, 5) is 0. The molecule has 0 rings (SSSR count). The quantitative estimate of drug-likeness (QED) is 0.399. The maximum Gasteiger partial charge on any atom is -0.0345 e. The third kappa shape index (κ3) is 7.60. The SMILES string of the molecule is C=C/C(C)=C\CCCC/C=C(\C)C=C. The molecule has 0 aliphatic heterocycles. The first-order chi connectivity index (χ1) is 6.70. The fourth-order valence-corrected chi connectivity index (χ4v) is 1.11. The molecule has 0 atom stereocenters. The predicted octanol–water partition coefficient (Wildman–Crippen LogP) is 4.81. The molecule has 0 aromatic heterocycles. The van der Waals surface area contributed by atoms with Gasteiger partial charge >= 0.3 is 0 Å². The highest BCUT2D eigenvalue weighted by atomic mass is 13.9. The van der Waals surface area contributed by atoms with Crippen LogP contribution in [-0.2, 0) is 0 Å². The molecule has 78 valence electrons. The molecule has 0 spiro atoms. The fourth-order valence-electron chi connectivity index (χ4n) is 1.11. The van der Waals surface area contributed by atoms with Crippen molar-refractivity contribution in [3.63, 3.8) is 0 Å². The van der Waals surface area contributed by atoms with Gasteiger partial charge in [0.25, 0.3) is 0 Å². The van der Waals surface area contributed by atoms with Crippen LogP contribution >= 0.6 is 0 Å². The van der Waals surface area contributed by atoms with Crippen molar-refractivity contribution in [3.05, 3.63) is 48.6 Å². The highest BCUT2D eigenvalue weighted by molar-refractivity contribution is 5.13. The van der Waals surface area contributed by atoms with Gasteiger partial charge < -0.3 is 0 Å². The molecular formula is C14H22. The average molecular weight is 190 g/mol. The van der Waals surface area contributed by atoms with E-state index in [2.05, 4.69) is 39.2 Å². The smallest absolute Gasteiger partial charge is 0.0345 e. The van der Waals surface area contributed by atoms with Crippen molar-refractivity contribution in [2.75, 3.05) is 0 Å². The van der Waals surface area contributed by atoms with Gasteiger partial charge in [-0.3, -0.25) is 0 Å². The Bertz CT molecular complexity index is 202. The summed E-state index contributed by atoms with van der Waals surface area (Å²) in [5, 5.41) is 0. The van der Waals surface area contributed by atoms with Gasteiger partial charge in [-0.25, -0.2) is 0 Å². The lowest BCUT2D eigenvalue weighted by Gasteiger charge is -1.96. The summed E-state index contributed by atoms with van der Waals surface area (Å²) in [6.07, 6.45) is 13.1. The summed E-state index contributed by atoms with van der Waals surface area (Å²) < 4.78 is 0. The van der Waals surface area contributed by atoms with E-state index in [9.17, 15) is 0 Å². The van der Waals surface area contributed by atoms with Gasteiger partial charge in [0.05, 0.1) is 0 Å². The Balaban J connectivity index is 3.48. The summed E-state index contributed by atoms with van der Waals surface area (Å²) in [5.74, 6) is 0. The minimum atomic E-state index is 1.17. The normalized spacial score (nSPS) is 12.7. The number of unbranched alkanes of at least 4 members (excludes halogenated alkanes) is 3. The second-order valence-electron chi connectivity index (χ2n) is 3.59. The fraction of sp³-hybridized carbons (Fsp3) is 0.429. The van der Waals surface area contributed by atoms with Gasteiger partial charge in [0, 0.05) is 0 Å². The van der Waals surface area contributed by atoms with Crippen LogP contribution in [-0.4, -0.2) is 0 Å². The van der Waals surface area contributed by atoms with E-state index in [0.717, 1.165) is 0 Å². The van der Waals surface area contributed by atoms with E-state index in [1.54, 1.807) is 0 Å². The molecule has 0 heterocycles. The van der Waals surface area contributed by atoms with Crippen LogP contribution in [0.4, 0.5) is 0 Å². The van der Waals surface area contributed by atoms with E-state index in [0.29, 0.717) is 0 Å². The summed E-state index contributed by atoms with van der Waals surface area (Å²) in [7, 11) is 0. The molecule has 0 aliphatic carbocycles. The zero-order chi connectivity index (χ0) is 10.8. The third-order valence-electron chi connectivity index (χ3n) is 2.23. The van der Waals surface area contributed by atoms with Crippen LogP contribution in [0.25, 0.3) is 0 Å². The van der Waals surface area contributed by atoms with E-state index in [-0.39, 0.29) is 0 Å². The van der Waals surface area contributed by atoms with Crippen molar-refractivity contribution in [2.24, 2.45) is 0 Å². The second-order valence-corrected chi connectivity index (χ2v) is 3.59. The molecule has 0 amide bonds. The van der Waals surface area contributed by atoms with Gasteiger partial charge in [-0.15, -0.1) is 0 Å². The Hall–Kier alpha value is -1.04. The Labute approximate surface area is 88.7 Å². The number of hydrogen-bond acceptors (Lipinski definition) is 0. The van der Waals surface area contributed by atoms with Crippen molar-refractivity contribution in [3.8, 4) is 0 Å². The van der Waals surface area contributed by atoms with Crippen LogP contribution in [0.1, 0.15) is 39.5 Å². The monoisotopic (exact) mass is 190 g/mol. The van der Waals surface area contributed by atoms with Crippen molar-refractivity contribution in [1.82, 2.24) is 0 Å². The number of rotatable bonds is 7. The van der Waals surface area contributed by atoms with Gasteiger partial charge in [-0.1, -0.05) is 48.6 Å². The summed E-state index contributed by atoms with van der Waals surface area (Å²) in [6, 6.07) is 0. The van der Waals surface area contributed by atoms with Crippen molar-refractivity contribution < 1.29 is 0 Å². The van der Waals surface area contributed by atoms with E-state index in [1.165, 1.54) is 36.8 Å². The Morgan fingerprint density at radius 3 is 1.50 bits per heavy atom. The van der Waals surface area contributed by atoms with Crippen LogP contribution in [0.3, 0.4) is 0 Å². The minimum absolute atomic E-state index is 1.17. The standard InChI is InChI=1S/C14H22/c1-5-13(3)11-9-7-8-10-12-14(4)6-2/h5-6,11-12H,1-2,7-10H2,3-4H3/b13-11-,14-12+. The number of allylic oxidation sites excluding steroid dienone is 6. The molecule has 0 fully saturated rings. The largest absolute Gasteiger partial charge is 0.0988 e. The summed E-state index contributed by atoms with van der Waals surface area (Å²) >= 11 is 0. The first kappa shape index (κ1) is 13.0. The molecule has 0 aliphatic rings. The van der Waals surface area contributed by atoms with Crippen LogP contribution in [0, 0.1) is 0 Å². The zero-order valence-corrected chi connectivity index (χ0v) is 9.55. The molecule has 0 radical (unpaired) electrons. The molecule has 0 unspecified atom stereocenters. The topological polar surface area (TPSA) is 0 Å². The molecule has 0 bridgehead atoms. The highest BCUT2D eigenvalue weighted by Crippen LogP contribution is 2.06. The molecule has 0 N–H and O–H groups in total. The lowest BCUT2D eigenvalue weighted by atomic mass is 10.1. The summed E-state index contributed by atoms with van der Waals surface area (Å²) in [6.45, 7) is 11.6.